The number of amides is 1. The zero-order valence-corrected chi connectivity index (χ0v) is 15.9. The average Bonchev–Trinajstić information content (AvgIpc) is 2.91. The topological polar surface area (TPSA) is 58.4 Å². The number of nitrogens with one attached hydrogen (secondary N) is 1. The Hall–Kier alpha value is -1.79. The lowest BCUT2D eigenvalue weighted by molar-refractivity contribution is -0.115. The van der Waals surface area contributed by atoms with Crippen molar-refractivity contribution in [3.8, 4) is 0 Å². The second-order valence-corrected chi connectivity index (χ2v) is 7.73. The first-order valence-electron chi connectivity index (χ1n) is 8.65. The van der Waals surface area contributed by atoms with E-state index < -0.39 is 0 Å². The third kappa shape index (κ3) is 4.44. The van der Waals surface area contributed by atoms with Crippen LogP contribution in [0.5, 0.6) is 0 Å². The molecule has 25 heavy (non-hydrogen) atoms. The second kappa shape index (κ2) is 8.06. The molecule has 1 aliphatic rings. The molecule has 3 rings (SSSR count). The number of hydrogen-bond acceptors (Lipinski definition) is 5. The van der Waals surface area contributed by atoms with Gasteiger partial charge >= 0.3 is 0 Å². The molecule has 2 aromatic rings. The van der Waals surface area contributed by atoms with Crippen molar-refractivity contribution in [2.45, 2.75) is 33.7 Å². The smallest absolute Gasteiger partial charge is 0.229 e. The third-order valence-electron chi connectivity index (χ3n) is 4.74. The Labute approximate surface area is 153 Å². The molecule has 1 aliphatic heterocycles. The number of thioether (sulfide) groups is 1. The summed E-state index contributed by atoms with van der Waals surface area (Å²) in [5, 5.41) is 6.96. The molecule has 0 atom stereocenters. The SMILES string of the molecule is Cc1noc(C)c1CC(=O)Nc1cccc(CN2CCSCC2)c1C. The van der Waals surface area contributed by atoms with Crippen molar-refractivity contribution in [2.75, 3.05) is 29.9 Å². The minimum Gasteiger partial charge on any atom is -0.361 e. The molecule has 1 aromatic heterocycles. The van der Waals surface area contributed by atoms with Crippen molar-refractivity contribution in [1.29, 1.82) is 0 Å². The maximum absolute atomic E-state index is 12.4. The van der Waals surface area contributed by atoms with Crippen LogP contribution < -0.4 is 5.32 Å². The van der Waals surface area contributed by atoms with Crippen LogP contribution in [0.2, 0.25) is 0 Å². The Morgan fingerprint density at radius 3 is 2.72 bits per heavy atom. The second-order valence-electron chi connectivity index (χ2n) is 6.51. The highest BCUT2D eigenvalue weighted by Crippen LogP contribution is 2.22. The summed E-state index contributed by atoms with van der Waals surface area (Å²) in [6, 6.07) is 6.14. The molecule has 0 spiro atoms. The summed E-state index contributed by atoms with van der Waals surface area (Å²) in [4.78, 5) is 14.9. The number of aryl methyl sites for hydroxylation is 2. The number of benzene rings is 1. The van der Waals surface area contributed by atoms with E-state index in [9.17, 15) is 4.79 Å². The van der Waals surface area contributed by atoms with Crippen molar-refractivity contribution in [3.63, 3.8) is 0 Å². The van der Waals surface area contributed by atoms with Crippen LogP contribution >= 0.6 is 11.8 Å². The Morgan fingerprint density at radius 2 is 2.04 bits per heavy atom. The zero-order valence-electron chi connectivity index (χ0n) is 15.1. The Balaban J connectivity index is 1.67. The summed E-state index contributed by atoms with van der Waals surface area (Å²) in [6.07, 6.45) is 0.286. The molecule has 0 bridgehead atoms. The van der Waals surface area contributed by atoms with Crippen molar-refractivity contribution >= 4 is 23.4 Å². The molecule has 0 unspecified atom stereocenters. The van der Waals surface area contributed by atoms with Crippen LogP contribution in [0.1, 0.15) is 28.1 Å². The van der Waals surface area contributed by atoms with Crippen LogP contribution in [-0.2, 0) is 17.8 Å². The summed E-state index contributed by atoms with van der Waals surface area (Å²) >= 11 is 2.02. The Morgan fingerprint density at radius 1 is 1.28 bits per heavy atom. The standard InChI is InChI=1S/C19H25N3O2S/c1-13-16(12-22-7-9-25-10-8-22)5-4-6-18(13)20-19(23)11-17-14(2)21-24-15(17)3/h4-6H,7-12H2,1-3H3,(H,20,23). The maximum atomic E-state index is 12.4. The molecule has 0 aliphatic carbocycles. The first-order valence-corrected chi connectivity index (χ1v) is 9.80. The van der Waals surface area contributed by atoms with Gasteiger partial charge in [0.15, 0.2) is 0 Å². The normalized spacial score (nSPS) is 15.3. The predicted molar refractivity (Wildman–Crippen MR) is 102 cm³/mol. The van der Waals surface area contributed by atoms with Gasteiger partial charge < -0.3 is 9.84 Å². The monoisotopic (exact) mass is 359 g/mol. The van der Waals surface area contributed by atoms with Crippen LogP contribution in [0.25, 0.3) is 0 Å². The summed E-state index contributed by atoms with van der Waals surface area (Å²) in [6.45, 7) is 8.99. The van der Waals surface area contributed by atoms with Crippen molar-refractivity contribution in [2.24, 2.45) is 0 Å². The summed E-state index contributed by atoms with van der Waals surface area (Å²) in [5.41, 5.74) is 4.97. The lowest BCUT2D eigenvalue weighted by Gasteiger charge is -2.27. The first kappa shape index (κ1) is 18.0. The van der Waals surface area contributed by atoms with E-state index >= 15 is 0 Å². The molecule has 6 heteroatoms. The van der Waals surface area contributed by atoms with Gasteiger partial charge in [-0.2, -0.15) is 11.8 Å². The molecule has 1 aromatic carbocycles. The fourth-order valence-corrected chi connectivity index (χ4v) is 4.08. The van der Waals surface area contributed by atoms with Crippen LogP contribution in [0.15, 0.2) is 22.7 Å². The van der Waals surface area contributed by atoms with E-state index in [-0.39, 0.29) is 12.3 Å². The molecule has 1 N–H and O–H groups in total. The van der Waals surface area contributed by atoms with Crippen molar-refractivity contribution in [1.82, 2.24) is 10.1 Å². The van der Waals surface area contributed by atoms with Gasteiger partial charge in [0.25, 0.3) is 0 Å². The number of anilines is 1. The van der Waals surface area contributed by atoms with Crippen LogP contribution in [-0.4, -0.2) is 40.6 Å². The van der Waals surface area contributed by atoms with E-state index in [4.69, 9.17) is 4.52 Å². The zero-order chi connectivity index (χ0) is 17.8. The average molecular weight is 359 g/mol. The number of rotatable bonds is 5. The fourth-order valence-electron chi connectivity index (χ4n) is 3.10. The summed E-state index contributed by atoms with van der Waals surface area (Å²) < 4.78 is 5.14. The van der Waals surface area contributed by atoms with Gasteiger partial charge in [0.05, 0.1) is 12.1 Å². The van der Waals surface area contributed by atoms with E-state index in [0.29, 0.717) is 5.76 Å². The molecule has 1 amide bonds. The van der Waals surface area contributed by atoms with E-state index in [1.165, 1.54) is 17.1 Å². The van der Waals surface area contributed by atoms with Gasteiger partial charge in [-0.15, -0.1) is 0 Å². The first-order chi connectivity index (χ1) is 12.0. The predicted octanol–water partition coefficient (Wildman–Crippen LogP) is 3.33. The number of carbonyl (C=O) groups is 1. The van der Waals surface area contributed by atoms with Gasteiger partial charge in [0, 0.05) is 42.4 Å². The van der Waals surface area contributed by atoms with E-state index in [2.05, 4.69) is 28.4 Å². The number of carbonyl (C=O) groups excluding carboxylic acids is 1. The molecule has 1 fully saturated rings. The van der Waals surface area contributed by atoms with Gasteiger partial charge in [-0.25, -0.2) is 0 Å². The van der Waals surface area contributed by atoms with Crippen LogP contribution in [0.4, 0.5) is 5.69 Å². The summed E-state index contributed by atoms with van der Waals surface area (Å²) in [5.74, 6) is 3.07. The largest absolute Gasteiger partial charge is 0.361 e. The number of aromatic nitrogens is 1. The molecule has 5 nitrogen and oxygen atoms in total. The van der Waals surface area contributed by atoms with Gasteiger partial charge in [-0.1, -0.05) is 17.3 Å². The fraction of sp³-hybridized carbons (Fsp3) is 0.474. The van der Waals surface area contributed by atoms with E-state index in [1.807, 2.05) is 37.7 Å². The van der Waals surface area contributed by atoms with E-state index in [1.54, 1.807) is 0 Å². The quantitative estimate of drug-likeness (QED) is 0.887. The Bertz CT molecular complexity index is 732. The Kier molecular flexibility index (Phi) is 5.81. The number of nitrogens with zero attached hydrogens (tertiary/aromatic N) is 2. The van der Waals surface area contributed by atoms with Crippen LogP contribution in [0.3, 0.4) is 0 Å². The van der Waals surface area contributed by atoms with Gasteiger partial charge in [0.2, 0.25) is 5.91 Å². The number of hydrogen-bond donors (Lipinski definition) is 1. The molecule has 1 saturated heterocycles. The minimum absolute atomic E-state index is 0.0379. The highest BCUT2D eigenvalue weighted by atomic mass is 32.2. The molecule has 0 saturated carbocycles. The molecule has 134 valence electrons. The minimum atomic E-state index is -0.0379. The third-order valence-corrected chi connectivity index (χ3v) is 5.68. The highest BCUT2D eigenvalue weighted by molar-refractivity contribution is 7.99. The van der Waals surface area contributed by atoms with Crippen molar-refractivity contribution < 1.29 is 9.32 Å². The van der Waals surface area contributed by atoms with Gasteiger partial charge in [-0.3, -0.25) is 9.69 Å². The van der Waals surface area contributed by atoms with E-state index in [0.717, 1.165) is 42.1 Å². The summed E-state index contributed by atoms with van der Waals surface area (Å²) in [7, 11) is 0. The van der Waals surface area contributed by atoms with Crippen LogP contribution in [0, 0.1) is 20.8 Å². The van der Waals surface area contributed by atoms with Gasteiger partial charge in [-0.05, 0) is 38.0 Å². The lowest BCUT2D eigenvalue weighted by atomic mass is 10.1. The van der Waals surface area contributed by atoms with Crippen molar-refractivity contribution in [3.05, 3.63) is 46.3 Å². The molecular weight excluding hydrogens is 334 g/mol. The van der Waals surface area contributed by atoms with Gasteiger partial charge in [0.1, 0.15) is 5.76 Å². The molecule has 0 radical (unpaired) electrons. The lowest BCUT2D eigenvalue weighted by Crippen LogP contribution is -2.32. The molecular formula is C19H25N3O2S. The highest BCUT2D eigenvalue weighted by Gasteiger charge is 2.16. The maximum Gasteiger partial charge on any atom is 0.229 e. The molecule has 2 heterocycles.